The van der Waals surface area contributed by atoms with Crippen molar-refractivity contribution in [3.05, 3.63) is 29.3 Å². The van der Waals surface area contributed by atoms with Gasteiger partial charge in [0.05, 0.1) is 17.3 Å². The predicted molar refractivity (Wildman–Crippen MR) is 80.4 cm³/mol. The van der Waals surface area contributed by atoms with Crippen molar-refractivity contribution in [3.63, 3.8) is 0 Å². The number of nitrogens with one attached hydrogen (secondary N) is 2. The summed E-state index contributed by atoms with van der Waals surface area (Å²) in [5, 5.41) is 6.61. The molecule has 1 fully saturated rings. The van der Waals surface area contributed by atoms with E-state index in [0.29, 0.717) is 5.13 Å². The van der Waals surface area contributed by atoms with Crippen LogP contribution >= 0.6 is 11.3 Å². The maximum absolute atomic E-state index is 12.1. The lowest BCUT2D eigenvalue weighted by atomic mass is 10.0. The standard InChI is InChI=1S/C14H15N3O2S/c1-8(9-6-15-7-9)13(18)17-14-16-11-4-3-10(19-2)5-12(11)20-14/h3-5,15H,6-7H2,1-2H3,(H,16,17,18). The molecule has 5 nitrogen and oxygen atoms in total. The molecule has 2 N–H and O–H groups in total. The second-order valence-corrected chi connectivity index (χ2v) is 5.67. The van der Waals surface area contributed by atoms with Crippen LogP contribution in [0.3, 0.4) is 0 Å². The van der Waals surface area contributed by atoms with Crippen molar-refractivity contribution in [3.8, 4) is 5.75 Å². The average molecular weight is 289 g/mol. The Morgan fingerprint density at radius 3 is 2.90 bits per heavy atom. The highest BCUT2D eigenvalue weighted by Crippen LogP contribution is 2.29. The van der Waals surface area contributed by atoms with Gasteiger partial charge >= 0.3 is 0 Å². The van der Waals surface area contributed by atoms with E-state index in [0.717, 1.165) is 40.2 Å². The summed E-state index contributed by atoms with van der Waals surface area (Å²) in [5.41, 5.74) is 2.80. The van der Waals surface area contributed by atoms with Crippen molar-refractivity contribution in [1.29, 1.82) is 0 Å². The number of methoxy groups -OCH3 is 1. The van der Waals surface area contributed by atoms with Crippen LogP contribution in [0.25, 0.3) is 10.2 Å². The number of anilines is 1. The third-order valence-electron chi connectivity index (χ3n) is 3.36. The quantitative estimate of drug-likeness (QED) is 0.850. The maximum atomic E-state index is 12.1. The Morgan fingerprint density at radius 1 is 1.45 bits per heavy atom. The Bertz CT molecular complexity index is 700. The second kappa shape index (κ2) is 5.22. The van der Waals surface area contributed by atoms with Gasteiger partial charge in [-0.1, -0.05) is 11.3 Å². The Hall–Kier alpha value is -1.92. The molecule has 0 atom stereocenters. The number of hydrogen-bond donors (Lipinski definition) is 2. The van der Waals surface area contributed by atoms with Gasteiger partial charge in [-0.3, -0.25) is 10.1 Å². The molecule has 1 aromatic heterocycles. The first-order chi connectivity index (χ1) is 9.67. The zero-order valence-corrected chi connectivity index (χ0v) is 12.1. The van der Waals surface area contributed by atoms with Crippen LogP contribution in [0.2, 0.25) is 0 Å². The van der Waals surface area contributed by atoms with E-state index in [1.807, 2.05) is 25.1 Å². The molecule has 1 aliphatic heterocycles. The number of aromatic nitrogens is 1. The van der Waals surface area contributed by atoms with Gasteiger partial charge in [0.2, 0.25) is 0 Å². The molecule has 3 rings (SSSR count). The molecule has 2 heterocycles. The van der Waals surface area contributed by atoms with Crippen molar-refractivity contribution in [2.45, 2.75) is 6.92 Å². The molecule has 104 valence electrons. The second-order valence-electron chi connectivity index (χ2n) is 4.64. The van der Waals surface area contributed by atoms with E-state index in [9.17, 15) is 4.79 Å². The van der Waals surface area contributed by atoms with Crippen molar-refractivity contribution in [2.24, 2.45) is 0 Å². The highest BCUT2D eigenvalue weighted by Gasteiger charge is 2.17. The van der Waals surface area contributed by atoms with Crippen LogP contribution < -0.4 is 15.4 Å². The van der Waals surface area contributed by atoms with Gasteiger partial charge in [-0.25, -0.2) is 4.98 Å². The number of thiazole rings is 1. The van der Waals surface area contributed by atoms with Gasteiger partial charge in [-0.15, -0.1) is 0 Å². The van der Waals surface area contributed by atoms with Gasteiger partial charge in [0.25, 0.3) is 5.91 Å². The highest BCUT2D eigenvalue weighted by atomic mass is 32.1. The largest absolute Gasteiger partial charge is 0.497 e. The topological polar surface area (TPSA) is 63.2 Å². The number of fused-ring (bicyclic) bond motifs is 1. The van der Waals surface area contributed by atoms with E-state index in [1.165, 1.54) is 11.3 Å². The summed E-state index contributed by atoms with van der Waals surface area (Å²) in [4.78, 5) is 16.5. The van der Waals surface area contributed by atoms with E-state index in [-0.39, 0.29) is 5.91 Å². The summed E-state index contributed by atoms with van der Waals surface area (Å²) in [6.45, 7) is 3.45. The summed E-state index contributed by atoms with van der Waals surface area (Å²) in [5.74, 6) is 0.713. The molecule has 1 aromatic carbocycles. The molecule has 0 unspecified atom stereocenters. The lowest BCUT2D eigenvalue weighted by Gasteiger charge is -2.21. The minimum absolute atomic E-state index is 0.0764. The molecule has 0 aliphatic carbocycles. The lowest BCUT2D eigenvalue weighted by Crippen LogP contribution is -2.36. The molecule has 1 saturated heterocycles. The Labute approximate surface area is 120 Å². The summed E-state index contributed by atoms with van der Waals surface area (Å²) in [6, 6.07) is 5.67. The molecule has 1 aliphatic rings. The summed E-state index contributed by atoms with van der Waals surface area (Å²) in [7, 11) is 1.63. The van der Waals surface area contributed by atoms with Crippen LogP contribution in [0.1, 0.15) is 6.92 Å². The lowest BCUT2D eigenvalue weighted by molar-refractivity contribution is -0.112. The summed E-state index contributed by atoms with van der Waals surface area (Å²) < 4.78 is 6.18. The van der Waals surface area contributed by atoms with Crippen LogP contribution in [0.15, 0.2) is 29.3 Å². The first-order valence-corrected chi connectivity index (χ1v) is 7.14. The fourth-order valence-corrected chi connectivity index (χ4v) is 2.84. The molecule has 0 radical (unpaired) electrons. The maximum Gasteiger partial charge on any atom is 0.253 e. The van der Waals surface area contributed by atoms with Crippen LogP contribution in [-0.4, -0.2) is 31.1 Å². The van der Waals surface area contributed by atoms with Crippen molar-refractivity contribution in [2.75, 3.05) is 25.5 Å². The van der Waals surface area contributed by atoms with Crippen LogP contribution in [0, 0.1) is 0 Å². The van der Waals surface area contributed by atoms with Crippen LogP contribution in [0.4, 0.5) is 5.13 Å². The number of carbonyl (C=O) groups is 1. The fourth-order valence-electron chi connectivity index (χ4n) is 1.95. The van der Waals surface area contributed by atoms with Gasteiger partial charge in [-0.05, 0) is 30.7 Å². The van der Waals surface area contributed by atoms with Gasteiger partial charge in [0.15, 0.2) is 5.13 Å². The Kier molecular flexibility index (Phi) is 3.42. The van der Waals surface area contributed by atoms with Gasteiger partial charge < -0.3 is 10.1 Å². The first kappa shape index (κ1) is 13.1. The van der Waals surface area contributed by atoms with E-state index in [1.54, 1.807) is 7.11 Å². The zero-order chi connectivity index (χ0) is 14.1. The van der Waals surface area contributed by atoms with Crippen LogP contribution in [0.5, 0.6) is 5.75 Å². The van der Waals surface area contributed by atoms with E-state index >= 15 is 0 Å². The highest BCUT2D eigenvalue weighted by molar-refractivity contribution is 7.22. The Morgan fingerprint density at radius 2 is 2.25 bits per heavy atom. The average Bonchev–Trinajstić information content (AvgIpc) is 2.77. The number of rotatable bonds is 3. The van der Waals surface area contributed by atoms with Gasteiger partial charge in [0.1, 0.15) is 5.75 Å². The number of hydrogen-bond acceptors (Lipinski definition) is 5. The smallest absolute Gasteiger partial charge is 0.253 e. The monoisotopic (exact) mass is 289 g/mol. The SMILES string of the molecule is COc1ccc2nc(NC(=O)C(C)=C3CNC3)sc2c1. The molecule has 0 bridgehead atoms. The minimum atomic E-state index is -0.0764. The molecule has 2 aromatic rings. The van der Waals surface area contributed by atoms with E-state index in [4.69, 9.17) is 4.74 Å². The molecule has 6 heteroatoms. The summed E-state index contributed by atoms with van der Waals surface area (Å²) >= 11 is 1.45. The van der Waals surface area contributed by atoms with Crippen molar-refractivity contribution >= 4 is 32.6 Å². The third-order valence-corrected chi connectivity index (χ3v) is 4.30. The summed E-state index contributed by atoms with van der Waals surface area (Å²) in [6.07, 6.45) is 0. The predicted octanol–water partition coefficient (Wildman–Crippen LogP) is 2.16. The molecular weight excluding hydrogens is 274 g/mol. The molecule has 0 spiro atoms. The fraction of sp³-hybridized carbons (Fsp3) is 0.286. The van der Waals surface area contributed by atoms with Crippen molar-refractivity contribution < 1.29 is 9.53 Å². The van der Waals surface area contributed by atoms with Gasteiger partial charge in [0, 0.05) is 18.7 Å². The number of benzene rings is 1. The molecule has 1 amide bonds. The van der Waals surface area contributed by atoms with Gasteiger partial charge in [-0.2, -0.15) is 0 Å². The first-order valence-electron chi connectivity index (χ1n) is 6.32. The van der Waals surface area contributed by atoms with E-state index < -0.39 is 0 Å². The molecule has 0 saturated carbocycles. The molecular formula is C14H15N3O2S. The number of nitrogens with zero attached hydrogens (tertiary/aromatic N) is 1. The molecule has 20 heavy (non-hydrogen) atoms. The zero-order valence-electron chi connectivity index (χ0n) is 11.3. The van der Waals surface area contributed by atoms with Crippen molar-refractivity contribution in [1.82, 2.24) is 10.3 Å². The normalized spacial score (nSPS) is 14.0. The Balaban J connectivity index is 1.82. The van der Waals surface area contributed by atoms with Crippen LogP contribution in [-0.2, 0) is 4.79 Å². The third kappa shape index (κ3) is 2.39. The number of amides is 1. The number of ether oxygens (including phenoxy) is 1. The van der Waals surface area contributed by atoms with E-state index in [2.05, 4.69) is 15.6 Å². The number of carbonyl (C=O) groups excluding carboxylic acids is 1. The minimum Gasteiger partial charge on any atom is -0.497 e.